The van der Waals surface area contributed by atoms with Crippen molar-refractivity contribution in [3.8, 4) is 0 Å². The van der Waals surface area contributed by atoms with Crippen molar-refractivity contribution >= 4 is 29.4 Å². The maximum atomic E-state index is 12.0. The van der Waals surface area contributed by atoms with E-state index >= 15 is 0 Å². The van der Waals surface area contributed by atoms with E-state index in [1.54, 1.807) is 11.6 Å². The smallest absolute Gasteiger partial charge is 0.267 e. The number of hydrogen-bond acceptors (Lipinski definition) is 5. The predicted molar refractivity (Wildman–Crippen MR) is 123 cm³/mol. The minimum atomic E-state index is -0.584. The molecule has 0 bridgehead atoms. The van der Waals surface area contributed by atoms with E-state index in [9.17, 15) is 9.59 Å². The minimum absolute atomic E-state index is 0.0499. The first-order valence-corrected chi connectivity index (χ1v) is 11.2. The molecule has 8 heteroatoms. The zero-order valence-electron chi connectivity index (χ0n) is 18.6. The van der Waals surface area contributed by atoms with E-state index in [2.05, 4.69) is 24.5 Å². The fourth-order valence-corrected chi connectivity index (χ4v) is 3.29. The molecule has 2 heterocycles. The molecule has 0 fully saturated rings. The van der Waals surface area contributed by atoms with Gasteiger partial charge in [-0.3, -0.25) is 19.2 Å². The fourth-order valence-electron chi connectivity index (χ4n) is 3.29. The van der Waals surface area contributed by atoms with Crippen molar-refractivity contribution in [1.82, 2.24) is 20.2 Å². The molecule has 0 aromatic carbocycles. The highest BCUT2D eigenvalue weighted by Gasteiger charge is 2.13. The van der Waals surface area contributed by atoms with Gasteiger partial charge in [-0.25, -0.2) is 10.5 Å². The highest BCUT2D eigenvalue weighted by Crippen LogP contribution is 2.22. The third-order valence-electron chi connectivity index (χ3n) is 5.02. The maximum Gasteiger partial charge on any atom is 0.267 e. The number of aryl methyl sites for hydroxylation is 1. The summed E-state index contributed by atoms with van der Waals surface area (Å²) in [6, 6.07) is 3.76. The zero-order chi connectivity index (χ0) is 22.5. The summed E-state index contributed by atoms with van der Waals surface area (Å²) in [5.41, 5.74) is 4.14. The summed E-state index contributed by atoms with van der Waals surface area (Å²) in [5, 5.41) is 15.0. The summed E-state index contributed by atoms with van der Waals surface area (Å²) in [7, 11) is 0. The number of unbranched alkanes of at least 4 members (excludes halogenated alkanes) is 4. The highest BCUT2D eigenvalue weighted by molar-refractivity contribution is 5.90. The maximum absolute atomic E-state index is 12.0. The number of carbonyl (C=O) groups excluding carboxylic acids is 2. The van der Waals surface area contributed by atoms with E-state index in [1.165, 1.54) is 18.9 Å². The van der Waals surface area contributed by atoms with Crippen molar-refractivity contribution in [2.24, 2.45) is 0 Å². The first-order chi connectivity index (χ1) is 15.1. The van der Waals surface area contributed by atoms with Crippen LogP contribution in [0, 0.1) is 0 Å². The van der Waals surface area contributed by atoms with E-state index in [0.29, 0.717) is 13.0 Å². The molecule has 2 aromatic heterocycles. The number of aromatic nitrogens is 2. The number of hydroxylamine groups is 1. The lowest BCUT2D eigenvalue weighted by molar-refractivity contribution is -0.124. The Hall–Kier alpha value is -2.87. The van der Waals surface area contributed by atoms with Crippen molar-refractivity contribution < 1.29 is 14.8 Å². The van der Waals surface area contributed by atoms with Gasteiger partial charge < -0.3 is 10.6 Å². The second-order valence-corrected chi connectivity index (χ2v) is 7.60. The van der Waals surface area contributed by atoms with Gasteiger partial charge in [0.15, 0.2) is 0 Å². The first-order valence-electron chi connectivity index (χ1n) is 11.2. The van der Waals surface area contributed by atoms with Gasteiger partial charge in [0.1, 0.15) is 11.5 Å². The molecule has 2 rings (SSSR count). The Labute approximate surface area is 184 Å². The third-order valence-corrected chi connectivity index (χ3v) is 5.02. The van der Waals surface area contributed by atoms with Crippen LogP contribution >= 0.6 is 0 Å². The number of imidazole rings is 1. The lowest BCUT2D eigenvalue weighted by Gasteiger charge is -2.09. The fraction of sp³-hybridized carbons (Fsp3) is 0.522. The summed E-state index contributed by atoms with van der Waals surface area (Å²) >= 11 is 0. The largest absolute Gasteiger partial charge is 0.369 e. The quantitative estimate of drug-likeness (QED) is 0.159. The molecule has 0 aliphatic rings. The Kier molecular flexibility index (Phi) is 10.6. The molecule has 2 amide bonds. The zero-order valence-corrected chi connectivity index (χ0v) is 18.6. The number of amides is 2. The second-order valence-electron chi connectivity index (χ2n) is 7.60. The Morgan fingerprint density at radius 1 is 1.13 bits per heavy atom. The van der Waals surface area contributed by atoms with Crippen LogP contribution in [0.2, 0.25) is 0 Å². The average Bonchev–Trinajstić information content (AvgIpc) is 3.11. The SMILES string of the molecule is CCCCCCc1nc2cc(/C=C/C(=O)NO)ccn2c1NCCC(=O)NCCCC. The van der Waals surface area contributed by atoms with Crippen molar-refractivity contribution in [2.45, 2.75) is 65.2 Å². The predicted octanol–water partition coefficient (Wildman–Crippen LogP) is 3.69. The lowest BCUT2D eigenvalue weighted by atomic mass is 10.1. The molecule has 0 radical (unpaired) electrons. The molecule has 31 heavy (non-hydrogen) atoms. The molecule has 170 valence electrons. The van der Waals surface area contributed by atoms with Crippen LogP contribution < -0.4 is 16.1 Å². The van der Waals surface area contributed by atoms with E-state index < -0.39 is 5.91 Å². The number of hydrogen-bond donors (Lipinski definition) is 4. The van der Waals surface area contributed by atoms with Crippen molar-refractivity contribution in [3.63, 3.8) is 0 Å². The summed E-state index contributed by atoms with van der Waals surface area (Å²) in [5.74, 6) is 0.379. The van der Waals surface area contributed by atoms with E-state index in [1.807, 2.05) is 22.7 Å². The van der Waals surface area contributed by atoms with Crippen molar-refractivity contribution in [3.05, 3.63) is 35.7 Å². The van der Waals surface area contributed by atoms with Crippen LogP contribution in [0.25, 0.3) is 11.7 Å². The van der Waals surface area contributed by atoms with Crippen LogP contribution in [0.5, 0.6) is 0 Å². The number of carbonyl (C=O) groups is 2. The molecule has 2 aromatic rings. The number of nitrogens with one attached hydrogen (secondary N) is 3. The minimum Gasteiger partial charge on any atom is -0.369 e. The lowest BCUT2D eigenvalue weighted by Crippen LogP contribution is -2.26. The molecule has 8 nitrogen and oxygen atoms in total. The van der Waals surface area contributed by atoms with Gasteiger partial charge >= 0.3 is 0 Å². The van der Waals surface area contributed by atoms with Crippen LogP contribution in [0.15, 0.2) is 24.4 Å². The summed E-state index contributed by atoms with van der Waals surface area (Å²) in [4.78, 5) is 28.0. The van der Waals surface area contributed by atoms with E-state index in [4.69, 9.17) is 10.2 Å². The topological polar surface area (TPSA) is 108 Å². The highest BCUT2D eigenvalue weighted by atomic mass is 16.5. The van der Waals surface area contributed by atoms with Gasteiger partial charge in [0, 0.05) is 31.8 Å². The van der Waals surface area contributed by atoms with Gasteiger partial charge in [-0.05, 0) is 43.0 Å². The summed E-state index contributed by atoms with van der Waals surface area (Å²) in [6.07, 6.45) is 12.7. The summed E-state index contributed by atoms with van der Waals surface area (Å²) in [6.45, 7) is 5.54. The van der Waals surface area contributed by atoms with Crippen LogP contribution in [0.4, 0.5) is 5.82 Å². The third kappa shape index (κ3) is 8.05. The van der Waals surface area contributed by atoms with Crippen LogP contribution in [0.1, 0.15) is 70.1 Å². The number of anilines is 1. The molecule has 0 aliphatic heterocycles. The Balaban J connectivity index is 2.12. The van der Waals surface area contributed by atoms with Crippen LogP contribution in [-0.2, 0) is 16.0 Å². The molecule has 4 N–H and O–H groups in total. The van der Waals surface area contributed by atoms with E-state index in [-0.39, 0.29) is 5.91 Å². The summed E-state index contributed by atoms with van der Waals surface area (Å²) < 4.78 is 1.98. The van der Waals surface area contributed by atoms with Gasteiger partial charge in [-0.1, -0.05) is 39.5 Å². The number of rotatable bonds is 14. The molecule has 0 aliphatic carbocycles. The molecule has 0 spiro atoms. The Bertz CT molecular complexity index is 875. The first kappa shape index (κ1) is 24.4. The van der Waals surface area contributed by atoms with Gasteiger partial charge in [0.2, 0.25) is 5.91 Å². The normalized spacial score (nSPS) is 11.2. The van der Waals surface area contributed by atoms with Crippen molar-refractivity contribution in [2.75, 3.05) is 18.4 Å². The number of fused-ring (bicyclic) bond motifs is 1. The molecule has 0 atom stereocenters. The molecule has 0 saturated heterocycles. The van der Waals surface area contributed by atoms with Gasteiger partial charge in [-0.2, -0.15) is 0 Å². The van der Waals surface area contributed by atoms with Gasteiger partial charge in [0.05, 0.1) is 5.69 Å². The van der Waals surface area contributed by atoms with Crippen LogP contribution in [0.3, 0.4) is 0 Å². The average molecular weight is 430 g/mol. The number of nitrogens with zero attached hydrogens (tertiary/aromatic N) is 2. The molecule has 0 saturated carbocycles. The molecular weight excluding hydrogens is 394 g/mol. The molecule has 0 unspecified atom stereocenters. The molecular formula is C23H35N5O3. The van der Waals surface area contributed by atoms with Gasteiger partial charge in [0.25, 0.3) is 5.91 Å². The van der Waals surface area contributed by atoms with Crippen LogP contribution in [-0.4, -0.2) is 39.5 Å². The Morgan fingerprint density at radius 3 is 2.68 bits per heavy atom. The Morgan fingerprint density at radius 2 is 1.94 bits per heavy atom. The standard InChI is InChI=1S/C23H35N5O3/c1-3-5-7-8-9-19-23(25-15-12-21(29)24-14-6-4-2)28-16-13-18(17-20(28)26-19)10-11-22(30)27-31/h10-11,13,16-17,25,31H,3-9,12,14-15H2,1-2H3,(H,24,29)(H,27,30)/b11-10+. The number of pyridine rings is 1. The van der Waals surface area contributed by atoms with Gasteiger partial charge in [-0.15, -0.1) is 0 Å². The monoisotopic (exact) mass is 429 g/mol. The van der Waals surface area contributed by atoms with Crippen molar-refractivity contribution in [1.29, 1.82) is 0 Å². The second kappa shape index (κ2) is 13.4. The van der Waals surface area contributed by atoms with E-state index in [0.717, 1.165) is 61.4 Å².